The van der Waals surface area contributed by atoms with Gasteiger partial charge in [-0.15, -0.1) is 0 Å². The molecule has 3 atom stereocenters. The van der Waals surface area contributed by atoms with Crippen LogP contribution >= 0.6 is 0 Å². The molecule has 2 heterocycles. The van der Waals surface area contributed by atoms with E-state index in [0.717, 1.165) is 12.2 Å². The Labute approximate surface area is 120 Å². The molecule has 1 aliphatic heterocycles. The summed E-state index contributed by atoms with van der Waals surface area (Å²) in [7, 11) is 0. The maximum absolute atomic E-state index is 12.5. The molecular formula is C15H24N4O. The normalized spacial score (nSPS) is 29.6. The van der Waals surface area contributed by atoms with Crippen molar-refractivity contribution in [2.75, 3.05) is 0 Å². The highest BCUT2D eigenvalue weighted by molar-refractivity contribution is 5.85. The van der Waals surface area contributed by atoms with E-state index in [1.807, 2.05) is 4.68 Å². The first kappa shape index (κ1) is 13.7. The van der Waals surface area contributed by atoms with Crippen LogP contribution in [-0.4, -0.2) is 32.6 Å². The first-order valence-corrected chi connectivity index (χ1v) is 7.82. The van der Waals surface area contributed by atoms with Crippen LogP contribution in [0.1, 0.15) is 57.8 Å². The molecule has 5 heteroatoms. The first-order valence-electron chi connectivity index (χ1n) is 7.82. The Kier molecular flexibility index (Phi) is 3.87. The standard InChI is InChI=1S/C15H24N4O/c1-10(2)19-15(16-9-17-19)8-14(20)13-7-11-5-3-4-6-12(11)18-13/h9-13,18H,3-8H2,1-2H3. The molecule has 0 bridgehead atoms. The third-order valence-corrected chi connectivity index (χ3v) is 4.72. The highest BCUT2D eigenvalue weighted by atomic mass is 16.1. The number of ketones is 1. The maximum atomic E-state index is 12.5. The average Bonchev–Trinajstić information content (AvgIpc) is 3.03. The van der Waals surface area contributed by atoms with Gasteiger partial charge in [0.2, 0.25) is 0 Å². The van der Waals surface area contributed by atoms with Crippen LogP contribution in [0.2, 0.25) is 0 Å². The van der Waals surface area contributed by atoms with Crippen LogP contribution < -0.4 is 5.32 Å². The Morgan fingerprint density at radius 3 is 3.00 bits per heavy atom. The van der Waals surface area contributed by atoms with Crippen molar-refractivity contribution in [1.82, 2.24) is 20.1 Å². The predicted octanol–water partition coefficient (Wildman–Crippen LogP) is 1.89. The van der Waals surface area contributed by atoms with Crippen molar-refractivity contribution in [1.29, 1.82) is 0 Å². The number of carbonyl (C=O) groups is 1. The second-order valence-corrected chi connectivity index (χ2v) is 6.46. The molecule has 20 heavy (non-hydrogen) atoms. The van der Waals surface area contributed by atoms with Crippen molar-refractivity contribution in [3.63, 3.8) is 0 Å². The summed E-state index contributed by atoms with van der Waals surface area (Å²) in [6.07, 6.45) is 8.10. The minimum Gasteiger partial charge on any atom is -0.304 e. The number of aromatic nitrogens is 3. The summed E-state index contributed by atoms with van der Waals surface area (Å²) in [4.78, 5) is 16.7. The lowest BCUT2D eigenvalue weighted by atomic mass is 9.84. The number of nitrogens with zero attached hydrogens (tertiary/aromatic N) is 3. The Bertz CT molecular complexity index is 468. The number of fused-ring (bicyclic) bond motifs is 1. The lowest BCUT2D eigenvalue weighted by molar-refractivity contribution is -0.120. The Morgan fingerprint density at radius 2 is 2.25 bits per heavy atom. The summed E-state index contributed by atoms with van der Waals surface area (Å²) in [5, 5.41) is 7.75. The van der Waals surface area contributed by atoms with Crippen LogP contribution in [0.4, 0.5) is 0 Å². The first-order chi connectivity index (χ1) is 9.65. The van der Waals surface area contributed by atoms with E-state index in [1.54, 1.807) is 6.33 Å². The van der Waals surface area contributed by atoms with E-state index in [9.17, 15) is 4.79 Å². The fourth-order valence-corrected chi connectivity index (χ4v) is 3.67. The molecule has 0 aromatic carbocycles. The smallest absolute Gasteiger partial charge is 0.157 e. The Morgan fingerprint density at radius 1 is 1.45 bits per heavy atom. The number of nitrogens with one attached hydrogen (secondary N) is 1. The van der Waals surface area contributed by atoms with Gasteiger partial charge >= 0.3 is 0 Å². The molecule has 2 aliphatic rings. The zero-order chi connectivity index (χ0) is 14.1. The van der Waals surface area contributed by atoms with Crippen LogP contribution in [0.3, 0.4) is 0 Å². The summed E-state index contributed by atoms with van der Waals surface area (Å²) in [5.74, 6) is 1.77. The van der Waals surface area contributed by atoms with Crippen molar-refractivity contribution >= 4 is 5.78 Å². The molecule has 3 unspecified atom stereocenters. The van der Waals surface area contributed by atoms with E-state index in [4.69, 9.17) is 0 Å². The second kappa shape index (κ2) is 5.64. The zero-order valence-corrected chi connectivity index (χ0v) is 12.4. The highest BCUT2D eigenvalue weighted by Gasteiger charge is 2.38. The Hall–Kier alpha value is -1.23. The van der Waals surface area contributed by atoms with E-state index < -0.39 is 0 Å². The largest absolute Gasteiger partial charge is 0.304 e. The lowest BCUT2D eigenvalue weighted by Crippen LogP contribution is -2.38. The molecule has 1 N–H and O–H groups in total. The maximum Gasteiger partial charge on any atom is 0.157 e. The molecule has 0 amide bonds. The van der Waals surface area contributed by atoms with Crippen molar-refractivity contribution < 1.29 is 4.79 Å². The van der Waals surface area contributed by atoms with E-state index >= 15 is 0 Å². The summed E-state index contributed by atoms with van der Waals surface area (Å²) < 4.78 is 1.85. The summed E-state index contributed by atoms with van der Waals surface area (Å²) >= 11 is 0. The van der Waals surface area contributed by atoms with Crippen molar-refractivity contribution in [3.8, 4) is 0 Å². The van der Waals surface area contributed by atoms with Crippen molar-refractivity contribution in [3.05, 3.63) is 12.2 Å². The van der Waals surface area contributed by atoms with Gasteiger partial charge in [0.15, 0.2) is 5.78 Å². The second-order valence-electron chi connectivity index (χ2n) is 6.46. The lowest BCUT2D eigenvalue weighted by Gasteiger charge is -2.24. The van der Waals surface area contributed by atoms with Crippen LogP contribution in [-0.2, 0) is 11.2 Å². The number of hydrogen-bond acceptors (Lipinski definition) is 4. The molecule has 2 fully saturated rings. The monoisotopic (exact) mass is 276 g/mol. The average molecular weight is 276 g/mol. The fourth-order valence-electron chi connectivity index (χ4n) is 3.67. The highest BCUT2D eigenvalue weighted by Crippen LogP contribution is 2.33. The Balaban J connectivity index is 1.63. The summed E-state index contributed by atoms with van der Waals surface area (Å²) in [6, 6.07) is 0.848. The van der Waals surface area contributed by atoms with Crippen LogP contribution in [0, 0.1) is 5.92 Å². The molecule has 1 aromatic rings. The fraction of sp³-hybridized carbons (Fsp3) is 0.800. The SMILES string of the molecule is CC(C)n1ncnc1CC(=O)C1CC2CCCCC2N1. The van der Waals surface area contributed by atoms with Crippen molar-refractivity contribution in [2.24, 2.45) is 5.92 Å². The molecule has 1 aromatic heterocycles. The van der Waals surface area contributed by atoms with Gasteiger partial charge < -0.3 is 5.32 Å². The van der Waals surface area contributed by atoms with Gasteiger partial charge in [0.1, 0.15) is 12.2 Å². The molecule has 3 rings (SSSR count). The third-order valence-electron chi connectivity index (χ3n) is 4.72. The van der Waals surface area contributed by atoms with Crippen LogP contribution in [0.25, 0.3) is 0 Å². The van der Waals surface area contributed by atoms with E-state index in [0.29, 0.717) is 18.4 Å². The van der Waals surface area contributed by atoms with Gasteiger partial charge in [-0.05, 0) is 39.0 Å². The molecule has 1 saturated heterocycles. The number of rotatable bonds is 4. The van der Waals surface area contributed by atoms with Crippen LogP contribution in [0.15, 0.2) is 6.33 Å². The minimum absolute atomic E-state index is 0.0282. The summed E-state index contributed by atoms with van der Waals surface area (Å²) in [5.41, 5.74) is 0. The molecule has 1 saturated carbocycles. The number of Topliss-reactive ketones (excluding diaryl/α,β-unsaturated/α-hetero) is 1. The molecule has 0 radical (unpaired) electrons. The predicted molar refractivity (Wildman–Crippen MR) is 76.4 cm³/mol. The molecule has 110 valence electrons. The van der Waals surface area contributed by atoms with Gasteiger partial charge in [-0.3, -0.25) is 4.79 Å². The van der Waals surface area contributed by atoms with E-state index in [-0.39, 0.29) is 17.9 Å². The van der Waals surface area contributed by atoms with Gasteiger partial charge in [0.25, 0.3) is 0 Å². The van der Waals surface area contributed by atoms with Gasteiger partial charge in [-0.25, -0.2) is 9.67 Å². The number of hydrogen-bond donors (Lipinski definition) is 1. The molecular weight excluding hydrogens is 252 g/mol. The molecule has 1 aliphatic carbocycles. The quantitative estimate of drug-likeness (QED) is 0.912. The van der Waals surface area contributed by atoms with Gasteiger partial charge in [-0.2, -0.15) is 5.10 Å². The molecule has 5 nitrogen and oxygen atoms in total. The van der Waals surface area contributed by atoms with Gasteiger partial charge in [0.05, 0.1) is 12.5 Å². The van der Waals surface area contributed by atoms with Gasteiger partial charge in [0, 0.05) is 12.1 Å². The van der Waals surface area contributed by atoms with Crippen molar-refractivity contribution in [2.45, 2.75) is 70.5 Å². The van der Waals surface area contributed by atoms with E-state index in [1.165, 1.54) is 25.7 Å². The topological polar surface area (TPSA) is 59.8 Å². The zero-order valence-electron chi connectivity index (χ0n) is 12.4. The summed E-state index contributed by atoms with van der Waals surface area (Å²) in [6.45, 7) is 4.12. The van der Waals surface area contributed by atoms with Gasteiger partial charge in [-0.1, -0.05) is 12.8 Å². The van der Waals surface area contributed by atoms with E-state index in [2.05, 4.69) is 29.2 Å². The third kappa shape index (κ3) is 2.64. The van der Waals surface area contributed by atoms with Crippen LogP contribution in [0.5, 0.6) is 0 Å². The molecule has 0 spiro atoms. The number of carbonyl (C=O) groups excluding carboxylic acids is 1. The minimum atomic E-state index is 0.0282.